The lowest BCUT2D eigenvalue weighted by Crippen LogP contribution is -2.27. The molecule has 56 heavy (non-hydrogen) atoms. The number of esters is 1. The van der Waals surface area contributed by atoms with E-state index in [0.717, 1.165) is 44.9 Å². The first kappa shape index (κ1) is 54.5. The molecule has 3 N–H and O–H groups in total. The van der Waals surface area contributed by atoms with Crippen LogP contribution in [0.1, 0.15) is 226 Å². The molecular formula is C46H88NO8P. The number of aliphatic hydroxyl groups is 1. The zero-order valence-corrected chi connectivity index (χ0v) is 37.2. The van der Waals surface area contributed by atoms with Gasteiger partial charge in [0.2, 0.25) is 5.91 Å². The first-order valence-corrected chi connectivity index (χ1v) is 24.8. The molecule has 330 valence electrons. The highest BCUT2D eigenvalue weighted by molar-refractivity contribution is 7.47. The Kier molecular flexibility index (Phi) is 41.9. The SMILES string of the molecule is CCCCC/C=C\C/C=C\CCCCCCCCCCCC(=O)OCC(O)COP(=O)(O)OCCNC(=O)CCCCCCCCCCCCCCCCCC. The number of phosphoric ester groups is 1. The number of ether oxygens (including phenoxy) is 1. The Balaban J connectivity index is 3.56. The maximum absolute atomic E-state index is 12.1. The number of rotatable bonds is 44. The van der Waals surface area contributed by atoms with Crippen molar-refractivity contribution >= 4 is 19.7 Å². The predicted molar refractivity (Wildman–Crippen MR) is 234 cm³/mol. The Morgan fingerprint density at radius 2 is 0.964 bits per heavy atom. The van der Waals surface area contributed by atoms with Crippen molar-refractivity contribution in [2.75, 3.05) is 26.4 Å². The van der Waals surface area contributed by atoms with E-state index in [9.17, 15) is 24.2 Å². The van der Waals surface area contributed by atoms with Crippen LogP contribution in [0.4, 0.5) is 0 Å². The standard InChI is InChI=1S/C46H88NO8P/c1-3-5-7-9-11-13-15-17-19-21-22-23-25-27-29-31-33-35-37-39-46(50)53-42-44(48)43-55-56(51,52)54-41-40-47-45(49)38-36-34-32-30-28-26-24-20-18-16-14-12-10-8-6-4-2/h11,13,17,19,44,48H,3-10,12,14-16,18,20-43H2,1-2H3,(H,47,49)(H,51,52)/b13-11-,19-17-. The minimum absolute atomic E-state index is 0.0850. The molecule has 0 rings (SSSR count). The number of nitrogens with one attached hydrogen (secondary N) is 1. The highest BCUT2D eigenvalue weighted by Gasteiger charge is 2.23. The van der Waals surface area contributed by atoms with Crippen LogP contribution in [0.5, 0.6) is 0 Å². The predicted octanol–water partition coefficient (Wildman–Crippen LogP) is 13.2. The fourth-order valence-corrected chi connectivity index (χ4v) is 7.35. The number of aliphatic hydroxyl groups excluding tert-OH is 1. The van der Waals surface area contributed by atoms with E-state index in [1.165, 1.54) is 154 Å². The van der Waals surface area contributed by atoms with E-state index in [1.54, 1.807) is 0 Å². The third-order valence-corrected chi connectivity index (χ3v) is 11.1. The number of unbranched alkanes of at least 4 members (excludes halogenated alkanes) is 27. The molecular weight excluding hydrogens is 725 g/mol. The summed E-state index contributed by atoms with van der Waals surface area (Å²) in [5, 5.41) is 12.7. The van der Waals surface area contributed by atoms with Gasteiger partial charge < -0.3 is 20.1 Å². The minimum Gasteiger partial charge on any atom is -0.463 e. The monoisotopic (exact) mass is 814 g/mol. The molecule has 9 nitrogen and oxygen atoms in total. The van der Waals surface area contributed by atoms with Crippen molar-refractivity contribution in [1.82, 2.24) is 5.32 Å². The quantitative estimate of drug-likeness (QED) is 0.0240. The Morgan fingerprint density at radius 1 is 0.554 bits per heavy atom. The van der Waals surface area contributed by atoms with E-state index in [1.807, 2.05) is 0 Å². The summed E-state index contributed by atoms with van der Waals surface area (Å²) in [6.45, 7) is 3.56. The second-order valence-electron chi connectivity index (χ2n) is 15.7. The molecule has 0 radical (unpaired) electrons. The smallest absolute Gasteiger partial charge is 0.463 e. The van der Waals surface area contributed by atoms with Gasteiger partial charge in [-0.2, -0.15) is 0 Å². The van der Waals surface area contributed by atoms with Crippen LogP contribution in [0.2, 0.25) is 0 Å². The molecule has 0 spiro atoms. The normalized spacial score (nSPS) is 13.4. The summed E-state index contributed by atoms with van der Waals surface area (Å²) >= 11 is 0. The van der Waals surface area contributed by atoms with E-state index in [4.69, 9.17) is 13.8 Å². The molecule has 0 aliphatic heterocycles. The topological polar surface area (TPSA) is 131 Å². The lowest BCUT2D eigenvalue weighted by Gasteiger charge is -2.15. The van der Waals surface area contributed by atoms with Gasteiger partial charge >= 0.3 is 13.8 Å². The molecule has 0 aromatic heterocycles. The summed E-state index contributed by atoms with van der Waals surface area (Å²) in [6, 6.07) is 0. The highest BCUT2D eigenvalue weighted by atomic mass is 31.2. The Morgan fingerprint density at radius 3 is 1.46 bits per heavy atom. The third-order valence-electron chi connectivity index (χ3n) is 10.1. The summed E-state index contributed by atoms with van der Waals surface area (Å²) in [7, 11) is -4.41. The molecule has 1 amide bonds. The third kappa shape index (κ3) is 43.6. The molecule has 0 bridgehead atoms. The van der Waals surface area contributed by atoms with Crippen LogP contribution in [0.15, 0.2) is 24.3 Å². The minimum atomic E-state index is -4.41. The van der Waals surface area contributed by atoms with E-state index in [0.29, 0.717) is 6.42 Å². The Labute approximate surface area is 344 Å². The lowest BCUT2D eigenvalue weighted by atomic mass is 10.0. The second kappa shape index (κ2) is 43.1. The zero-order valence-electron chi connectivity index (χ0n) is 36.3. The number of hydrogen-bond acceptors (Lipinski definition) is 7. The average molecular weight is 814 g/mol. The van der Waals surface area contributed by atoms with E-state index in [2.05, 4.69) is 43.5 Å². The number of hydrogen-bond donors (Lipinski definition) is 3. The second-order valence-corrected chi connectivity index (χ2v) is 17.2. The summed E-state index contributed by atoms with van der Waals surface area (Å²) in [6.07, 6.45) is 46.7. The van der Waals surface area contributed by atoms with Gasteiger partial charge in [-0.15, -0.1) is 0 Å². The number of carbonyl (C=O) groups excluding carboxylic acids is 2. The molecule has 0 heterocycles. The molecule has 0 saturated carbocycles. The van der Waals surface area contributed by atoms with Crippen LogP contribution in [-0.2, 0) is 27.9 Å². The Hall–Kier alpha value is -1.51. The van der Waals surface area contributed by atoms with Crippen LogP contribution in [0.25, 0.3) is 0 Å². The van der Waals surface area contributed by atoms with Crippen molar-refractivity contribution in [2.45, 2.75) is 232 Å². The number of carbonyl (C=O) groups is 2. The summed E-state index contributed by atoms with van der Waals surface area (Å²) in [5.74, 6) is -0.512. The van der Waals surface area contributed by atoms with Crippen molar-refractivity contribution in [3.05, 3.63) is 24.3 Å². The van der Waals surface area contributed by atoms with Crippen molar-refractivity contribution in [1.29, 1.82) is 0 Å². The summed E-state index contributed by atoms with van der Waals surface area (Å²) in [4.78, 5) is 34.0. The van der Waals surface area contributed by atoms with Gasteiger partial charge in [0.15, 0.2) is 0 Å². The van der Waals surface area contributed by atoms with Gasteiger partial charge in [0.25, 0.3) is 0 Å². The first-order chi connectivity index (χ1) is 27.3. The van der Waals surface area contributed by atoms with Gasteiger partial charge in [-0.3, -0.25) is 18.6 Å². The van der Waals surface area contributed by atoms with Gasteiger partial charge in [-0.05, 0) is 44.9 Å². The van der Waals surface area contributed by atoms with Gasteiger partial charge in [-0.1, -0.05) is 192 Å². The van der Waals surface area contributed by atoms with Gasteiger partial charge in [-0.25, -0.2) is 4.57 Å². The van der Waals surface area contributed by atoms with Crippen LogP contribution >= 0.6 is 7.82 Å². The van der Waals surface area contributed by atoms with Crippen molar-refractivity contribution < 1.29 is 37.9 Å². The molecule has 2 unspecified atom stereocenters. The van der Waals surface area contributed by atoms with Crippen LogP contribution in [-0.4, -0.2) is 54.3 Å². The van der Waals surface area contributed by atoms with E-state index in [-0.39, 0.29) is 32.1 Å². The molecule has 0 fully saturated rings. The maximum atomic E-state index is 12.1. The molecule has 0 aliphatic carbocycles. The Bertz CT molecular complexity index is 975. The first-order valence-electron chi connectivity index (χ1n) is 23.3. The number of amides is 1. The molecule has 0 aromatic carbocycles. The largest absolute Gasteiger partial charge is 0.472 e. The number of allylic oxidation sites excluding steroid dienone is 4. The van der Waals surface area contributed by atoms with E-state index < -0.39 is 26.5 Å². The van der Waals surface area contributed by atoms with Gasteiger partial charge in [0, 0.05) is 19.4 Å². The van der Waals surface area contributed by atoms with Crippen molar-refractivity contribution in [2.24, 2.45) is 0 Å². The molecule has 2 atom stereocenters. The highest BCUT2D eigenvalue weighted by Crippen LogP contribution is 2.42. The molecule has 0 aliphatic rings. The van der Waals surface area contributed by atoms with Crippen molar-refractivity contribution in [3.63, 3.8) is 0 Å². The molecule has 0 aromatic rings. The summed E-state index contributed by atoms with van der Waals surface area (Å²) < 4.78 is 26.9. The van der Waals surface area contributed by atoms with Crippen LogP contribution in [0, 0.1) is 0 Å². The zero-order chi connectivity index (χ0) is 41.1. The lowest BCUT2D eigenvalue weighted by molar-refractivity contribution is -0.147. The average Bonchev–Trinajstić information content (AvgIpc) is 3.18. The molecule has 0 saturated heterocycles. The number of phosphoric acid groups is 1. The van der Waals surface area contributed by atoms with Crippen LogP contribution in [0.3, 0.4) is 0 Å². The maximum Gasteiger partial charge on any atom is 0.472 e. The fraction of sp³-hybridized carbons (Fsp3) is 0.870. The van der Waals surface area contributed by atoms with Gasteiger partial charge in [0.1, 0.15) is 12.7 Å². The van der Waals surface area contributed by atoms with Crippen LogP contribution < -0.4 is 5.32 Å². The fourth-order valence-electron chi connectivity index (χ4n) is 6.59. The van der Waals surface area contributed by atoms with E-state index >= 15 is 0 Å². The molecule has 10 heteroatoms. The summed E-state index contributed by atoms with van der Waals surface area (Å²) in [5.41, 5.74) is 0. The van der Waals surface area contributed by atoms with Crippen molar-refractivity contribution in [3.8, 4) is 0 Å². The van der Waals surface area contributed by atoms with Gasteiger partial charge in [0.05, 0.1) is 13.2 Å².